The van der Waals surface area contributed by atoms with Gasteiger partial charge in [0.1, 0.15) is 6.10 Å². The van der Waals surface area contributed by atoms with E-state index < -0.39 is 35.4 Å². The van der Waals surface area contributed by atoms with Crippen LogP contribution in [0, 0.1) is 11.6 Å². The molecule has 0 aromatic heterocycles. The average Bonchev–Trinajstić information content (AvgIpc) is 2.37. The summed E-state index contributed by atoms with van der Waals surface area (Å²) in [5.74, 6) is -3.03. The van der Waals surface area contributed by atoms with E-state index in [0.717, 1.165) is 18.9 Å². The molecule has 19 heavy (non-hydrogen) atoms. The maximum atomic E-state index is 13.8. The quantitative estimate of drug-likeness (QED) is 0.859. The number of carbonyl (C=O) groups excluding carboxylic acids is 1. The summed E-state index contributed by atoms with van der Waals surface area (Å²) in [4.78, 5) is 11.4. The van der Waals surface area contributed by atoms with E-state index in [1.807, 2.05) is 0 Å². The normalized spacial score (nSPS) is 23.2. The van der Waals surface area contributed by atoms with Crippen LogP contribution in [0.1, 0.15) is 43.0 Å². The number of hydrogen-bond acceptors (Lipinski definition) is 3. The lowest BCUT2D eigenvalue weighted by Crippen LogP contribution is -2.35. The van der Waals surface area contributed by atoms with Crippen molar-refractivity contribution in [2.24, 2.45) is 0 Å². The van der Waals surface area contributed by atoms with Crippen molar-refractivity contribution in [3.05, 3.63) is 29.3 Å². The minimum atomic E-state index is -1.18. The highest BCUT2D eigenvalue weighted by Gasteiger charge is 2.28. The molecule has 0 saturated heterocycles. The molecule has 2 atom stereocenters. The molecule has 0 radical (unpaired) electrons. The van der Waals surface area contributed by atoms with E-state index in [-0.39, 0.29) is 5.56 Å². The minimum Gasteiger partial charge on any atom is -0.484 e. The van der Waals surface area contributed by atoms with E-state index in [1.165, 1.54) is 13.0 Å². The molecule has 1 saturated carbocycles. The maximum Gasteiger partial charge on any atom is 0.201 e. The van der Waals surface area contributed by atoms with Gasteiger partial charge in [-0.1, -0.05) is 6.42 Å². The number of Topliss-reactive ketones (excluding diaryl/α,β-unsaturated/α-hetero) is 1. The summed E-state index contributed by atoms with van der Waals surface area (Å²) < 4.78 is 32.4. The zero-order chi connectivity index (χ0) is 14.0. The van der Waals surface area contributed by atoms with Crippen LogP contribution < -0.4 is 4.74 Å². The highest BCUT2D eigenvalue weighted by atomic mass is 19.2. The second-order valence-electron chi connectivity index (χ2n) is 4.80. The SMILES string of the molecule is CC(=O)c1ccc(F)c(F)c1OC1CCCCC1O. The third-order valence-electron chi connectivity index (χ3n) is 3.37. The number of carbonyl (C=O) groups is 1. The number of hydrogen-bond donors (Lipinski definition) is 1. The Kier molecular flexibility index (Phi) is 4.14. The van der Waals surface area contributed by atoms with Gasteiger partial charge >= 0.3 is 0 Å². The first-order valence-corrected chi connectivity index (χ1v) is 6.34. The number of halogens is 2. The van der Waals surface area contributed by atoms with Gasteiger partial charge in [-0.05, 0) is 38.3 Å². The lowest BCUT2D eigenvalue weighted by Gasteiger charge is -2.29. The van der Waals surface area contributed by atoms with Crippen LogP contribution in [0.2, 0.25) is 0 Å². The van der Waals surface area contributed by atoms with Gasteiger partial charge in [0, 0.05) is 0 Å². The van der Waals surface area contributed by atoms with Crippen molar-refractivity contribution in [3.8, 4) is 5.75 Å². The van der Waals surface area contributed by atoms with Crippen molar-refractivity contribution in [1.29, 1.82) is 0 Å². The molecule has 1 fully saturated rings. The smallest absolute Gasteiger partial charge is 0.201 e. The summed E-state index contributed by atoms with van der Waals surface area (Å²) >= 11 is 0. The van der Waals surface area contributed by atoms with Gasteiger partial charge in [0.15, 0.2) is 17.3 Å². The summed E-state index contributed by atoms with van der Waals surface area (Å²) in [5.41, 5.74) is -0.00308. The Morgan fingerprint density at radius 3 is 2.63 bits per heavy atom. The van der Waals surface area contributed by atoms with Crippen LogP contribution >= 0.6 is 0 Å². The van der Waals surface area contributed by atoms with E-state index in [1.54, 1.807) is 0 Å². The number of ketones is 1. The molecule has 0 spiro atoms. The predicted molar refractivity (Wildman–Crippen MR) is 65.3 cm³/mol. The van der Waals surface area contributed by atoms with Crippen LogP contribution in [-0.2, 0) is 0 Å². The second-order valence-corrected chi connectivity index (χ2v) is 4.80. The fourth-order valence-corrected chi connectivity index (χ4v) is 2.29. The molecule has 0 bridgehead atoms. The zero-order valence-electron chi connectivity index (χ0n) is 10.7. The van der Waals surface area contributed by atoms with E-state index >= 15 is 0 Å². The summed E-state index contributed by atoms with van der Waals surface area (Å²) in [7, 11) is 0. The van der Waals surface area contributed by atoms with Crippen molar-refractivity contribution in [3.63, 3.8) is 0 Å². The average molecular weight is 270 g/mol. The Morgan fingerprint density at radius 2 is 2.00 bits per heavy atom. The van der Waals surface area contributed by atoms with Crippen LogP contribution in [0.5, 0.6) is 5.75 Å². The maximum absolute atomic E-state index is 13.8. The molecule has 3 nitrogen and oxygen atoms in total. The molecule has 2 unspecified atom stereocenters. The van der Waals surface area contributed by atoms with E-state index in [9.17, 15) is 18.7 Å². The highest BCUT2D eigenvalue weighted by Crippen LogP contribution is 2.30. The molecule has 1 aromatic rings. The molecule has 0 aliphatic heterocycles. The van der Waals surface area contributed by atoms with Gasteiger partial charge in [-0.2, -0.15) is 4.39 Å². The molecule has 1 aliphatic carbocycles. The van der Waals surface area contributed by atoms with Gasteiger partial charge in [0.05, 0.1) is 11.7 Å². The Balaban J connectivity index is 2.32. The molecule has 104 valence electrons. The Hall–Kier alpha value is -1.49. The van der Waals surface area contributed by atoms with Crippen LogP contribution in [0.15, 0.2) is 12.1 Å². The number of aliphatic hydroxyl groups excluding tert-OH is 1. The van der Waals surface area contributed by atoms with Gasteiger partial charge in [-0.15, -0.1) is 0 Å². The first-order valence-electron chi connectivity index (χ1n) is 6.34. The number of rotatable bonds is 3. The zero-order valence-corrected chi connectivity index (χ0v) is 10.7. The Morgan fingerprint density at radius 1 is 1.32 bits per heavy atom. The third-order valence-corrected chi connectivity index (χ3v) is 3.37. The second kappa shape index (κ2) is 5.65. The molecule has 5 heteroatoms. The first kappa shape index (κ1) is 13.9. The summed E-state index contributed by atoms with van der Waals surface area (Å²) in [5, 5.41) is 9.79. The highest BCUT2D eigenvalue weighted by molar-refractivity contribution is 5.96. The lowest BCUT2D eigenvalue weighted by molar-refractivity contribution is 0.00424. The summed E-state index contributed by atoms with van der Waals surface area (Å²) in [6.45, 7) is 1.26. The predicted octanol–water partition coefficient (Wildman–Crippen LogP) is 2.85. The van der Waals surface area contributed by atoms with Gasteiger partial charge < -0.3 is 9.84 Å². The standard InChI is InChI=1S/C14H16F2O3/c1-8(17)9-6-7-10(15)13(16)14(9)19-12-5-3-2-4-11(12)18/h6-7,11-12,18H,2-5H2,1H3. The summed E-state index contributed by atoms with van der Waals surface area (Å²) in [6.07, 6.45) is 1.56. The first-order chi connectivity index (χ1) is 9.00. The largest absolute Gasteiger partial charge is 0.484 e. The molecule has 1 aromatic carbocycles. The van der Waals surface area contributed by atoms with Crippen LogP contribution in [-0.4, -0.2) is 23.1 Å². The van der Waals surface area contributed by atoms with Crippen molar-refractivity contribution in [2.75, 3.05) is 0 Å². The van der Waals surface area contributed by atoms with Crippen molar-refractivity contribution in [1.82, 2.24) is 0 Å². The molecule has 0 heterocycles. The monoisotopic (exact) mass is 270 g/mol. The van der Waals surface area contributed by atoms with E-state index in [0.29, 0.717) is 12.8 Å². The van der Waals surface area contributed by atoms with Crippen LogP contribution in [0.25, 0.3) is 0 Å². The van der Waals surface area contributed by atoms with Crippen LogP contribution in [0.3, 0.4) is 0 Å². The topological polar surface area (TPSA) is 46.5 Å². The third kappa shape index (κ3) is 2.92. The Bertz CT molecular complexity index is 488. The molecule has 1 aliphatic rings. The van der Waals surface area contributed by atoms with Gasteiger partial charge in [-0.3, -0.25) is 4.79 Å². The number of aliphatic hydroxyl groups is 1. The van der Waals surface area contributed by atoms with Gasteiger partial charge in [0.2, 0.25) is 5.82 Å². The van der Waals surface area contributed by atoms with Gasteiger partial charge in [0.25, 0.3) is 0 Å². The van der Waals surface area contributed by atoms with E-state index in [2.05, 4.69) is 0 Å². The molecular formula is C14H16F2O3. The van der Waals surface area contributed by atoms with E-state index in [4.69, 9.17) is 4.74 Å². The molecule has 1 N–H and O–H groups in total. The fourth-order valence-electron chi connectivity index (χ4n) is 2.29. The number of ether oxygens (including phenoxy) is 1. The Labute approximate surface area is 110 Å². The minimum absolute atomic E-state index is 0.00308. The fraction of sp³-hybridized carbons (Fsp3) is 0.500. The number of benzene rings is 1. The van der Waals surface area contributed by atoms with Crippen LogP contribution in [0.4, 0.5) is 8.78 Å². The molecule has 0 amide bonds. The molecule has 2 rings (SSSR count). The lowest BCUT2D eigenvalue weighted by atomic mass is 9.94. The van der Waals surface area contributed by atoms with Crippen molar-refractivity contribution < 1.29 is 23.4 Å². The van der Waals surface area contributed by atoms with Crippen molar-refractivity contribution in [2.45, 2.75) is 44.8 Å². The molecular weight excluding hydrogens is 254 g/mol. The summed E-state index contributed by atoms with van der Waals surface area (Å²) in [6, 6.07) is 2.10. The van der Waals surface area contributed by atoms with Gasteiger partial charge in [-0.25, -0.2) is 4.39 Å². The van der Waals surface area contributed by atoms with Crippen molar-refractivity contribution >= 4 is 5.78 Å².